The van der Waals surface area contributed by atoms with Gasteiger partial charge in [-0.25, -0.2) is 0 Å². The first kappa shape index (κ1) is 18.7. The van der Waals surface area contributed by atoms with Crippen LogP contribution in [0.5, 0.6) is 11.5 Å². The van der Waals surface area contributed by atoms with Gasteiger partial charge < -0.3 is 13.7 Å². The molecule has 3 unspecified atom stereocenters. The molecule has 27 heavy (non-hydrogen) atoms. The normalized spacial score (nSPS) is 34.9. The third-order valence-electron chi connectivity index (χ3n) is 7.45. The zero-order chi connectivity index (χ0) is 19.4. The summed E-state index contributed by atoms with van der Waals surface area (Å²) in [5.74, 6) is 2.30. The lowest BCUT2D eigenvalue weighted by molar-refractivity contribution is -0.115. The molecule has 2 fully saturated rings. The van der Waals surface area contributed by atoms with Gasteiger partial charge in [0.2, 0.25) is 0 Å². The van der Waals surface area contributed by atoms with E-state index in [9.17, 15) is 13.2 Å². The lowest BCUT2D eigenvalue weighted by atomic mass is 9.54. The summed E-state index contributed by atoms with van der Waals surface area (Å²) in [5, 5.41) is 5.04. The minimum atomic E-state index is -4.10. The molecule has 5 atom stereocenters. The van der Waals surface area contributed by atoms with Crippen molar-refractivity contribution in [2.45, 2.75) is 51.4 Å². The second-order valence-electron chi connectivity index (χ2n) is 8.56. The van der Waals surface area contributed by atoms with E-state index in [0.717, 1.165) is 44.1 Å². The molecule has 3 aliphatic rings. The Kier molecular flexibility index (Phi) is 4.50. The van der Waals surface area contributed by atoms with E-state index in [0.29, 0.717) is 23.5 Å². The van der Waals surface area contributed by atoms with Crippen molar-refractivity contribution in [2.75, 3.05) is 7.11 Å². The maximum atomic E-state index is 11.6. The fourth-order valence-electron chi connectivity index (χ4n) is 6.19. The fraction of sp³-hybridized carbons (Fsp3) is 0.650. The van der Waals surface area contributed by atoms with Crippen molar-refractivity contribution in [1.82, 2.24) is 0 Å². The molecule has 0 spiro atoms. The quantitative estimate of drug-likeness (QED) is 0.794. The standard InChI is InChI=1S/C20H27NO5S/c1-20-8-7-14-15(17(20)6-4-13(20)11-22)5-3-12-9-19(26-27(21,23)24)18(25-2)10-16(12)14/h9-11,13-15,17H,3-8H2,1-2H3,(H2,21,23,24)/t13-,14?,15?,17?,20-/m1/s1. The summed E-state index contributed by atoms with van der Waals surface area (Å²) in [6.45, 7) is 2.30. The molecule has 1 aromatic carbocycles. The number of hydrogen-bond donors (Lipinski definition) is 1. The highest BCUT2D eigenvalue weighted by molar-refractivity contribution is 7.84. The number of aryl methyl sites for hydroxylation is 1. The predicted molar refractivity (Wildman–Crippen MR) is 101 cm³/mol. The van der Waals surface area contributed by atoms with Gasteiger partial charge in [-0.3, -0.25) is 0 Å². The summed E-state index contributed by atoms with van der Waals surface area (Å²) >= 11 is 0. The summed E-state index contributed by atoms with van der Waals surface area (Å²) in [5.41, 5.74) is 2.48. The maximum Gasteiger partial charge on any atom is 0.380 e. The molecule has 2 N–H and O–H groups in total. The third-order valence-corrected chi connectivity index (χ3v) is 7.86. The van der Waals surface area contributed by atoms with Gasteiger partial charge in [0.1, 0.15) is 6.29 Å². The van der Waals surface area contributed by atoms with Crippen LogP contribution >= 0.6 is 0 Å². The first-order valence-electron chi connectivity index (χ1n) is 9.65. The topological polar surface area (TPSA) is 95.7 Å². The van der Waals surface area contributed by atoms with E-state index in [-0.39, 0.29) is 17.1 Å². The number of aldehydes is 1. The zero-order valence-corrected chi connectivity index (χ0v) is 16.6. The summed E-state index contributed by atoms with van der Waals surface area (Å²) < 4.78 is 33.0. The molecule has 3 aliphatic carbocycles. The number of nitrogens with two attached hydrogens (primary N) is 1. The smallest absolute Gasteiger partial charge is 0.380 e. The summed E-state index contributed by atoms with van der Waals surface area (Å²) in [6, 6.07) is 3.70. The lowest BCUT2D eigenvalue weighted by Gasteiger charge is -2.50. The van der Waals surface area contributed by atoms with Crippen molar-refractivity contribution in [3.63, 3.8) is 0 Å². The van der Waals surface area contributed by atoms with Crippen LogP contribution in [0.15, 0.2) is 12.1 Å². The molecule has 2 saturated carbocycles. The highest BCUT2D eigenvalue weighted by Gasteiger charge is 2.54. The summed E-state index contributed by atoms with van der Waals surface area (Å²) in [4.78, 5) is 11.6. The predicted octanol–water partition coefficient (Wildman–Crippen LogP) is 2.95. The molecule has 0 heterocycles. The van der Waals surface area contributed by atoms with Crippen molar-refractivity contribution < 1.29 is 22.1 Å². The van der Waals surface area contributed by atoms with Crippen LogP contribution in [0, 0.1) is 23.2 Å². The molecule has 0 aliphatic heterocycles. The number of carbonyl (C=O) groups is 1. The van der Waals surface area contributed by atoms with E-state index in [4.69, 9.17) is 14.1 Å². The average Bonchev–Trinajstić information content (AvgIpc) is 2.95. The van der Waals surface area contributed by atoms with E-state index in [1.807, 2.05) is 6.07 Å². The average molecular weight is 394 g/mol. The number of rotatable bonds is 4. The molecule has 0 bridgehead atoms. The molecule has 148 valence electrons. The highest BCUT2D eigenvalue weighted by Crippen LogP contribution is 2.62. The van der Waals surface area contributed by atoms with Crippen LogP contribution in [-0.2, 0) is 21.5 Å². The van der Waals surface area contributed by atoms with Crippen LogP contribution in [0.2, 0.25) is 0 Å². The Labute approximate surface area is 160 Å². The molecule has 0 radical (unpaired) electrons. The Morgan fingerprint density at radius 1 is 1.19 bits per heavy atom. The number of fused-ring (bicyclic) bond motifs is 5. The molecule has 0 aromatic heterocycles. The van der Waals surface area contributed by atoms with Crippen molar-refractivity contribution >= 4 is 16.6 Å². The minimum absolute atomic E-state index is 0.126. The second kappa shape index (κ2) is 6.48. The number of methoxy groups -OCH3 is 1. The maximum absolute atomic E-state index is 11.6. The number of ether oxygens (including phenoxy) is 1. The molecular formula is C20H27NO5S. The Balaban J connectivity index is 1.70. The zero-order valence-electron chi connectivity index (χ0n) is 15.8. The van der Waals surface area contributed by atoms with E-state index < -0.39 is 10.3 Å². The van der Waals surface area contributed by atoms with E-state index >= 15 is 0 Å². The van der Waals surface area contributed by atoms with Gasteiger partial charge in [0.05, 0.1) is 7.11 Å². The molecule has 0 amide bonds. The van der Waals surface area contributed by atoms with Crippen LogP contribution in [0.25, 0.3) is 0 Å². The number of benzene rings is 1. The SMILES string of the molecule is COc1cc2c(cc1OS(N)(=O)=O)CCC1C2CC[C@@]2(C)C1CC[C@@H]2C=O. The summed E-state index contributed by atoms with van der Waals surface area (Å²) in [7, 11) is -2.60. The molecular weight excluding hydrogens is 366 g/mol. The molecule has 0 saturated heterocycles. The van der Waals surface area contributed by atoms with Crippen molar-refractivity contribution in [3.05, 3.63) is 23.3 Å². The monoisotopic (exact) mass is 393 g/mol. The third kappa shape index (κ3) is 3.05. The molecule has 6 nitrogen and oxygen atoms in total. The molecule has 1 aromatic rings. The number of carbonyl (C=O) groups excluding carboxylic acids is 1. The van der Waals surface area contributed by atoms with E-state index in [1.54, 1.807) is 6.07 Å². The Morgan fingerprint density at radius 2 is 1.96 bits per heavy atom. The van der Waals surface area contributed by atoms with Crippen LogP contribution in [0.1, 0.15) is 56.1 Å². The van der Waals surface area contributed by atoms with Gasteiger partial charge in [-0.1, -0.05) is 6.92 Å². The van der Waals surface area contributed by atoms with Crippen LogP contribution in [-0.4, -0.2) is 21.8 Å². The van der Waals surface area contributed by atoms with Gasteiger partial charge in [-0.2, -0.15) is 13.6 Å². The lowest BCUT2D eigenvalue weighted by Crippen LogP contribution is -2.42. The van der Waals surface area contributed by atoms with Crippen molar-refractivity contribution in [3.8, 4) is 11.5 Å². The highest BCUT2D eigenvalue weighted by atomic mass is 32.2. The number of hydrogen-bond acceptors (Lipinski definition) is 5. The van der Waals surface area contributed by atoms with Gasteiger partial charge in [0.15, 0.2) is 11.5 Å². The van der Waals surface area contributed by atoms with Crippen LogP contribution < -0.4 is 14.1 Å². The Bertz CT molecular complexity index is 867. The fourth-order valence-corrected chi connectivity index (χ4v) is 6.57. The Morgan fingerprint density at radius 3 is 2.63 bits per heavy atom. The van der Waals surface area contributed by atoms with Gasteiger partial charge in [-0.15, -0.1) is 0 Å². The largest absolute Gasteiger partial charge is 0.493 e. The van der Waals surface area contributed by atoms with Crippen molar-refractivity contribution in [2.24, 2.45) is 28.3 Å². The minimum Gasteiger partial charge on any atom is -0.493 e. The van der Waals surface area contributed by atoms with Gasteiger partial charge in [0, 0.05) is 5.92 Å². The van der Waals surface area contributed by atoms with Crippen LogP contribution in [0.3, 0.4) is 0 Å². The van der Waals surface area contributed by atoms with E-state index in [2.05, 4.69) is 6.92 Å². The summed E-state index contributed by atoms with van der Waals surface area (Å²) in [6.07, 6.45) is 7.35. The van der Waals surface area contributed by atoms with E-state index in [1.165, 1.54) is 19.0 Å². The van der Waals surface area contributed by atoms with Crippen LogP contribution in [0.4, 0.5) is 0 Å². The van der Waals surface area contributed by atoms with Crippen molar-refractivity contribution in [1.29, 1.82) is 0 Å². The Hall–Kier alpha value is -1.60. The van der Waals surface area contributed by atoms with Gasteiger partial charge >= 0.3 is 10.3 Å². The molecule has 4 rings (SSSR count). The van der Waals surface area contributed by atoms with Gasteiger partial charge in [-0.05, 0) is 85.0 Å². The first-order valence-corrected chi connectivity index (χ1v) is 11.1. The molecule has 7 heteroatoms. The second-order valence-corrected chi connectivity index (χ2v) is 9.71. The first-order chi connectivity index (χ1) is 12.8. The van der Waals surface area contributed by atoms with Gasteiger partial charge in [0.25, 0.3) is 0 Å².